The highest BCUT2D eigenvalue weighted by molar-refractivity contribution is 9.10. The van der Waals surface area contributed by atoms with E-state index in [9.17, 15) is 4.79 Å². The number of rotatable bonds is 5. The van der Waals surface area contributed by atoms with Gasteiger partial charge in [-0.3, -0.25) is 4.98 Å². The molecule has 21 heavy (non-hydrogen) atoms. The van der Waals surface area contributed by atoms with E-state index in [2.05, 4.69) is 33.2 Å². The summed E-state index contributed by atoms with van der Waals surface area (Å²) in [5.74, 6) is -0.344. The number of nitrogens with zero attached hydrogens (tertiary/aromatic N) is 1. The van der Waals surface area contributed by atoms with Crippen LogP contribution in [0.2, 0.25) is 0 Å². The first-order valence-electron chi connectivity index (χ1n) is 7.08. The van der Waals surface area contributed by atoms with Crippen molar-refractivity contribution < 1.29 is 9.53 Å². The number of ether oxygens (including phenoxy) is 1. The maximum atomic E-state index is 12.1. The van der Waals surface area contributed by atoms with Gasteiger partial charge < -0.3 is 10.1 Å². The van der Waals surface area contributed by atoms with Crippen molar-refractivity contribution in [3.8, 4) is 0 Å². The highest BCUT2D eigenvalue weighted by atomic mass is 79.9. The van der Waals surface area contributed by atoms with Gasteiger partial charge in [-0.15, -0.1) is 0 Å². The predicted molar refractivity (Wildman–Crippen MR) is 88.9 cm³/mol. The molecule has 0 radical (unpaired) electrons. The molecule has 0 unspecified atom stereocenters. The number of anilines is 1. The van der Waals surface area contributed by atoms with Crippen molar-refractivity contribution in [1.29, 1.82) is 0 Å². The van der Waals surface area contributed by atoms with E-state index in [-0.39, 0.29) is 5.97 Å². The van der Waals surface area contributed by atoms with E-state index >= 15 is 0 Å². The van der Waals surface area contributed by atoms with Crippen LogP contribution in [0.1, 0.15) is 36.2 Å². The number of nitrogens with one attached hydrogen (secondary N) is 1. The number of pyridine rings is 1. The molecule has 112 valence electrons. The number of fused-ring (bicyclic) bond motifs is 1. The van der Waals surface area contributed by atoms with Crippen LogP contribution in [0.4, 0.5) is 5.69 Å². The van der Waals surface area contributed by atoms with Gasteiger partial charge in [-0.2, -0.15) is 0 Å². The first kappa shape index (κ1) is 15.8. The fraction of sp³-hybridized carbons (Fsp3) is 0.375. The molecule has 0 saturated carbocycles. The fourth-order valence-electron chi connectivity index (χ4n) is 2.24. The van der Waals surface area contributed by atoms with Crippen LogP contribution in [-0.2, 0) is 4.74 Å². The van der Waals surface area contributed by atoms with Crippen molar-refractivity contribution >= 4 is 38.5 Å². The van der Waals surface area contributed by atoms with E-state index < -0.39 is 0 Å². The quantitative estimate of drug-likeness (QED) is 0.816. The molecule has 0 aliphatic rings. The van der Waals surface area contributed by atoms with Gasteiger partial charge >= 0.3 is 5.97 Å². The Labute approximate surface area is 133 Å². The maximum absolute atomic E-state index is 12.1. The van der Waals surface area contributed by atoms with Crippen LogP contribution in [0.25, 0.3) is 10.9 Å². The molecule has 2 rings (SSSR count). The van der Waals surface area contributed by atoms with Crippen molar-refractivity contribution in [2.75, 3.05) is 18.5 Å². The summed E-state index contributed by atoms with van der Waals surface area (Å²) in [5.41, 5.74) is 3.24. The lowest BCUT2D eigenvalue weighted by Gasteiger charge is -2.14. The molecule has 1 heterocycles. The van der Waals surface area contributed by atoms with Crippen LogP contribution in [0, 0.1) is 6.92 Å². The molecule has 1 aromatic carbocycles. The molecular weight excluding hydrogens is 332 g/mol. The van der Waals surface area contributed by atoms with Crippen molar-refractivity contribution in [2.24, 2.45) is 0 Å². The minimum Gasteiger partial charge on any atom is -0.462 e. The first-order valence-corrected chi connectivity index (χ1v) is 7.87. The Bertz CT molecular complexity index is 671. The molecule has 0 saturated heterocycles. The number of esters is 1. The zero-order chi connectivity index (χ0) is 15.4. The summed E-state index contributed by atoms with van der Waals surface area (Å²) in [6.45, 7) is 7.03. The van der Waals surface area contributed by atoms with Crippen molar-refractivity contribution in [2.45, 2.75) is 27.2 Å². The van der Waals surface area contributed by atoms with Crippen molar-refractivity contribution in [3.05, 3.63) is 33.9 Å². The molecule has 0 atom stereocenters. The van der Waals surface area contributed by atoms with Crippen LogP contribution < -0.4 is 5.32 Å². The average Bonchev–Trinajstić information content (AvgIpc) is 2.44. The van der Waals surface area contributed by atoms with Gasteiger partial charge in [0.2, 0.25) is 0 Å². The minimum absolute atomic E-state index is 0.344. The second-order valence-corrected chi connectivity index (χ2v) is 5.73. The second-order valence-electron chi connectivity index (χ2n) is 4.81. The lowest BCUT2D eigenvalue weighted by atomic mass is 10.1. The number of aryl methyl sites for hydroxylation is 1. The van der Waals surface area contributed by atoms with E-state index in [1.807, 2.05) is 19.1 Å². The number of aromatic nitrogens is 1. The van der Waals surface area contributed by atoms with Gasteiger partial charge in [0.25, 0.3) is 0 Å². The van der Waals surface area contributed by atoms with Crippen LogP contribution in [0.3, 0.4) is 0 Å². The van der Waals surface area contributed by atoms with Gasteiger partial charge in [-0.1, -0.05) is 22.9 Å². The number of hydrogen-bond acceptors (Lipinski definition) is 4. The molecule has 0 bridgehead atoms. The zero-order valence-electron chi connectivity index (χ0n) is 12.5. The molecule has 2 aromatic rings. The Balaban J connectivity index is 2.66. The smallest absolute Gasteiger partial charge is 0.341 e. The van der Waals surface area contributed by atoms with E-state index in [1.165, 1.54) is 0 Å². The van der Waals surface area contributed by atoms with Crippen LogP contribution in [-0.4, -0.2) is 24.1 Å². The Hall–Kier alpha value is -1.62. The van der Waals surface area contributed by atoms with E-state index in [4.69, 9.17) is 4.74 Å². The van der Waals surface area contributed by atoms with Gasteiger partial charge in [-0.05, 0) is 38.0 Å². The van der Waals surface area contributed by atoms with Crippen molar-refractivity contribution in [1.82, 2.24) is 4.98 Å². The molecule has 0 aliphatic carbocycles. The van der Waals surface area contributed by atoms with E-state index in [0.29, 0.717) is 12.2 Å². The van der Waals surface area contributed by atoms with Gasteiger partial charge in [0.05, 0.1) is 17.8 Å². The Morgan fingerprint density at radius 1 is 1.38 bits per heavy atom. The first-order chi connectivity index (χ1) is 10.1. The van der Waals surface area contributed by atoms with Crippen LogP contribution in [0.15, 0.2) is 22.8 Å². The third kappa shape index (κ3) is 3.35. The van der Waals surface area contributed by atoms with Crippen LogP contribution in [0.5, 0.6) is 0 Å². The summed E-state index contributed by atoms with van der Waals surface area (Å²) in [5, 5.41) is 4.27. The summed E-state index contributed by atoms with van der Waals surface area (Å²) < 4.78 is 6.09. The van der Waals surface area contributed by atoms with E-state index in [1.54, 1.807) is 13.1 Å². The summed E-state index contributed by atoms with van der Waals surface area (Å²) in [6, 6.07) is 4.00. The number of carbonyl (C=O) groups excluding carboxylic acids is 1. The average molecular weight is 351 g/mol. The number of halogens is 1. The standard InChI is InChI=1S/C16H19BrN2O2/c1-4-6-18-15-12-8-11(17)7-10(3)14(12)19-9-13(15)16(20)21-5-2/h7-9H,4-6H2,1-3H3,(H,18,19). The van der Waals surface area contributed by atoms with Crippen molar-refractivity contribution in [3.63, 3.8) is 0 Å². The zero-order valence-corrected chi connectivity index (χ0v) is 14.1. The number of hydrogen-bond donors (Lipinski definition) is 1. The normalized spacial score (nSPS) is 10.7. The summed E-state index contributed by atoms with van der Waals surface area (Å²) in [7, 11) is 0. The molecule has 4 nitrogen and oxygen atoms in total. The van der Waals surface area contributed by atoms with Gasteiger partial charge in [-0.25, -0.2) is 4.79 Å². The molecular formula is C16H19BrN2O2. The lowest BCUT2D eigenvalue weighted by molar-refractivity contribution is 0.0527. The Morgan fingerprint density at radius 3 is 2.81 bits per heavy atom. The fourth-order valence-corrected chi connectivity index (χ4v) is 2.81. The minimum atomic E-state index is -0.344. The predicted octanol–water partition coefficient (Wildman–Crippen LogP) is 4.30. The summed E-state index contributed by atoms with van der Waals surface area (Å²) in [4.78, 5) is 16.6. The highest BCUT2D eigenvalue weighted by Crippen LogP contribution is 2.31. The molecule has 1 aromatic heterocycles. The Kier molecular flexibility index (Phi) is 5.17. The molecule has 0 aliphatic heterocycles. The van der Waals surface area contributed by atoms with Gasteiger partial charge in [0.1, 0.15) is 5.56 Å². The summed E-state index contributed by atoms with van der Waals surface area (Å²) >= 11 is 3.51. The highest BCUT2D eigenvalue weighted by Gasteiger charge is 2.17. The largest absolute Gasteiger partial charge is 0.462 e. The molecule has 1 N–H and O–H groups in total. The Morgan fingerprint density at radius 2 is 2.14 bits per heavy atom. The molecule has 5 heteroatoms. The molecule has 0 amide bonds. The summed E-state index contributed by atoms with van der Waals surface area (Å²) in [6.07, 6.45) is 2.57. The third-order valence-electron chi connectivity index (χ3n) is 3.17. The molecule has 0 fully saturated rings. The maximum Gasteiger partial charge on any atom is 0.341 e. The lowest BCUT2D eigenvalue weighted by Crippen LogP contribution is -2.12. The van der Waals surface area contributed by atoms with E-state index in [0.717, 1.165) is 39.6 Å². The van der Waals surface area contributed by atoms with Crippen LogP contribution >= 0.6 is 15.9 Å². The SMILES string of the molecule is CCCNc1c(C(=O)OCC)cnc2c(C)cc(Br)cc12. The van der Waals surface area contributed by atoms with Gasteiger partial charge in [0.15, 0.2) is 0 Å². The number of benzene rings is 1. The monoisotopic (exact) mass is 350 g/mol. The molecule has 0 spiro atoms. The second kappa shape index (κ2) is 6.89. The topological polar surface area (TPSA) is 51.2 Å². The van der Waals surface area contributed by atoms with Gasteiger partial charge in [0, 0.05) is 22.6 Å². The number of carbonyl (C=O) groups is 1. The third-order valence-corrected chi connectivity index (χ3v) is 3.63.